The van der Waals surface area contributed by atoms with E-state index in [4.69, 9.17) is 9.47 Å². The second kappa shape index (κ2) is 5.56. The molecule has 0 unspecified atom stereocenters. The number of rotatable bonds is 4. The first-order chi connectivity index (χ1) is 10.5. The maximum atomic E-state index is 11.9. The lowest BCUT2D eigenvalue weighted by atomic mass is 9.52. The summed E-state index contributed by atoms with van der Waals surface area (Å²) in [4.78, 5) is 23.9. The molecule has 22 heavy (non-hydrogen) atoms. The van der Waals surface area contributed by atoms with Gasteiger partial charge in [-0.3, -0.25) is 0 Å². The van der Waals surface area contributed by atoms with Gasteiger partial charge in [0.1, 0.15) is 11.2 Å². The van der Waals surface area contributed by atoms with Gasteiger partial charge in [0.05, 0.1) is 0 Å². The number of esters is 2. The molecule has 0 radical (unpaired) electrons. The van der Waals surface area contributed by atoms with Crippen molar-refractivity contribution in [1.29, 1.82) is 0 Å². The minimum Gasteiger partial charge on any atom is -0.456 e. The van der Waals surface area contributed by atoms with Crippen LogP contribution < -0.4 is 0 Å². The first-order valence-electron chi connectivity index (χ1n) is 8.19. The summed E-state index contributed by atoms with van der Waals surface area (Å²) < 4.78 is 11.6. The van der Waals surface area contributed by atoms with Crippen LogP contribution in [-0.2, 0) is 19.1 Å². The number of allylic oxidation sites excluding steroid dienone is 2. The molecule has 0 aliphatic heterocycles. The smallest absolute Gasteiger partial charge is 0.330 e. The number of carbonyl (C=O) groups excluding carboxylic acids is 2. The molecule has 0 aromatic heterocycles. The largest absolute Gasteiger partial charge is 0.456 e. The molecule has 0 atom stereocenters. The van der Waals surface area contributed by atoms with Crippen LogP contribution in [-0.4, -0.2) is 23.1 Å². The Morgan fingerprint density at radius 2 is 1.27 bits per heavy atom. The monoisotopic (exact) mass is 304 g/mol. The Kier molecular flexibility index (Phi) is 3.87. The topological polar surface area (TPSA) is 52.6 Å². The van der Waals surface area contributed by atoms with Crippen LogP contribution in [0.25, 0.3) is 0 Å². The molecule has 4 heteroatoms. The SMILES string of the molecule is CC=CC(=O)OC12CC3CC(C1)CC(OC(=O)C=CC)(C3)C2. The van der Waals surface area contributed by atoms with E-state index < -0.39 is 11.2 Å². The van der Waals surface area contributed by atoms with Gasteiger partial charge < -0.3 is 9.47 Å². The molecular weight excluding hydrogens is 280 g/mol. The second-order valence-electron chi connectivity index (χ2n) is 7.17. The van der Waals surface area contributed by atoms with Crippen LogP contribution >= 0.6 is 0 Å². The van der Waals surface area contributed by atoms with Crippen molar-refractivity contribution in [2.24, 2.45) is 11.8 Å². The highest BCUT2D eigenvalue weighted by atomic mass is 16.6. The first-order valence-corrected chi connectivity index (χ1v) is 8.19. The normalized spacial score (nSPS) is 39.5. The summed E-state index contributed by atoms with van der Waals surface area (Å²) >= 11 is 0. The maximum absolute atomic E-state index is 11.9. The Labute approximate surface area is 131 Å². The molecule has 4 aliphatic rings. The molecule has 0 aromatic carbocycles. The highest BCUT2D eigenvalue weighted by molar-refractivity contribution is 5.83. The van der Waals surface area contributed by atoms with Crippen molar-refractivity contribution in [1.82, 2.24) is 0 Å². The van der Waals surface area contributed by atoms with Gasteiger partial charge in [0.2, 0.25) is 0 Å². The number of hydrogen-bond acceptors (Lipinski definition) is 4. The third kappa shape index (κ3) is 2.83. The molecule has 4 saturated carbocycles. The zero-order chi connectivity index (χ0) is 15.8. The van der Waals surface area contributed by atoms with Gasteiger partial charge in [0.25, 0.3) is 0 Å². The van der Waals surface area contributed by atoms with Gasteiger partial charge in [-0.25, -0.2) is 9.59 Å². The standard InChI is InChI=1S/C18H24O4/c1-3-5-15(19)21-17-8-13-7-14(9-17)11-18(10-13,12-17)22-16(20)6-4-2/h3-6,13-14H,7-12H2,1-2H3. The average Bonchev–Trinajstić information content (AvgIpc) is 2.35. The fourth-order valence-corrected chi connectivity index (χ4v) is 5.10. The summed E-state index contributed by atoms with van der Waals surface area (Å²) in [5, 5.41) is 0. The van der Waals surface area contributed by atoms with Gasteiger partial charge in [-0.2, -0.15) is 0 Å². The summed E-state index contributed by atoms with van der Waals surface area (Å²) in [7, 11) is 0. The fraction of sp³-hybridized carbons (Fsp3) is 0.667. The van der Waals surface area contributed by atoms with Crippen molar-refractivity contribution in [2.75, 3.05) is 0 Å². The van der Waals surface area contributed by atoms with Crippen molar-refractivity contribution in [2.45, 2.75) is 63.6 Å². The first kappa shape index (κ1) is 15.3. The van der Waals surface area contributed by atoms with Gasteiger partial charge >= 0.3 is 11.9 Å². The summed E-state index contributed by atoms with van der Waals surface area (Å²) in [6.45, 7) is 3.61. The molecule has 0 spiro atoms. The number of carbonyl (C=O) groups is 2. The third-order valence-corrected chi connectivity index (χ3v) is 5.19. The lowest BCUT2D eigenvalue weighted by Crippen LogP contribution is -2.61. The number of ether oxygens (including phenoxy) is 2. The average molecular weight is 304 g/mol. The number of hydrogen-bond donors (Lipinski definition) is 0. The van der Waals surface area contributed by atoms with E-state index in [1.54, 1.807) is 26.0 Å². The van der Waals surface area contributed by atoms with Crippen LogP contribution in [0.15, 0.2) is 24.3 Å². The summed E-state index contributed by atoms with van der Waals surface area (Å²) in [6, 6.07) is 0. The third-order valence-electron chi connectivity index (χ3n) is 5.19. The molecular formula is C18H24O4. The minimum atomic E-state index is -0.434. The molecule has 0 saturated heterocycles. The predicted octanol–water partition coefficient (Wildman–Crippen LogP) is 3.32. The predicted molar refractivity (Wildman–Crippen MR) is 82.0 cm³/mol. The van der Waals surface area contributed by atoms with Crippen LogP contribution in [0.2, 0.25) is 0 Å². The van der Waals surface area contributed by atoms with Crippen LogP contribution in [0, 0.1) is 11.8 Å². The Hall–Kier alpha value is -1.58. The summed E-state index contributed by atoms with van der Waals surface area (Å²) in [6.07, 6.45) is 11.8. The molecule has 0 aromatic rings. The lowest BCUT2D eigenvalue weighted by molar-refractivity contribution is -0.226. The Morgan fingerprint density at radius 1 is 0.864 bits per heavy atom. The van der Waals surface area contributed by atoms with Crippen LogP contribution in [0.5, 0.6) is 0 Å². The van der Waals surface area contributed by atoms with E-state index in [1.807, 2.05) is 0 Å². The van der Waals surface area contributed by atoms with Gasteiger partial charge in [0.15, 0.2) is 0 Å². The minimum absolute atomic E-state index is 0.278. The van der Waals surface area contributed by atoms with E-state index in [0.29, 0.717) is 18.3 Å². The highest BCUT2D eigenvalue weighted by Crippen LogP contribution is 2.60. The fourth-order valence-electron chi connectivity index (χ4n) is 5.10. The van der Waals surface area contributed by atoms with E-state index >= 15 is 0 Å². The molecule has 0 heterocycles. The summed E-state index contributed by atoms with van der Waals surface area (Å²) in [5.41, 5.74) is -0.867. The Bertz CT molecular complexity index is 473. The maximum Gasteiger partial charge on any atom is 0.330 e. The van der Waals surface area contributed by atoms with Crippen LogP contribution in [0.3, 0.4) is 0 Å². The van der Waals surface area contributed by atoms with E-state index in [-0.39, 0.29) is 11.9 Å². The molecule has 4 bridgehead atoms. The van der Waals surface area contributed by atoms with Crippen molar-refractivity contribution in [3.05, 3.63) is 24.3 Å². The van der Waals surface area contributed by atoms with Crippen molar-refractivity contribution < 1.29 is 19.1 Å². The Balaban J connectivity index is 1.80. The molecule has 4 aliphatic carbocycles. The van der Waals surface area contributed by atoms with Crippen molar-refractivity contribution in [3.63, 3.8) is 0 Å². The van der Waals surface area contributed by atoms with Gasteiger partial charge in [0, 0.05) is 18.6 Å². The van der Waals surface area contributed by atoms with Gasteiger partial charge in [-0.1, -0.05) is 12.2 Å². The molecule has 4 fully saturated rings. The summed E-state index contributed by atoms with van der Waals surface area (Å²) in [5.74, 6) is 0.440. The Morgan fingerprint density at radius 3 is 1.64 bits per heavy atom. The molecule has 4 nitrogen and oxygen atoms in total. The molecule has 4 rings (SSSR count). The van der Waals surface area contributed by atoms with Gasteiger partial charge in [-0.15, -0.1) is 0 Å². The van der Waals surface area contributed by atoms with E-state index in [9.17, 15) is 9.59 Å². The lowest BCUT2D eigenvalue weighted by Gasteiger charge is -2.60. The van der Waals surface area contributed by atoms with E-state index in [1.165, 1.54) is 18.6 Å². The van der Waals surface area contributed by atoms with Gasteiger partial charge in [-0.05, 0) is 57.8 Å². The molecule has 0 N–H and O–H groups in total. The van der Waals surface area contributed by atoms with E-state index in [2.05, 4.69) is 0 Å². The zero-order valence-electron chi connectivity index (χ0n) is 13.3. The van der Waals surface area contributed by atoms with Crippen LogP contribution in [0.1, 0.15) is 52.4 Å². The molecule has 120 valence electrons. The quantitative estimate of drug-likeness (QED) is 0.590. The van der Waals surface area contributed by atoms with E-state index in [0.717, 1.165) is 25.7 Å². The molecule has 0 amide bonds. The zero-order valence-corrected chi connectivity index (χ0v) is 13.3. The second-order valence-corrected chi connectivity index (χ2v) is 7.17. The van der Waals surface area contributed by atoms with Crippen LogP contribution in [0.4, 0.5) is 0 Å². The highest BCUT2D eigenvalue weighted by Gasteiger charge is 2.61. The van der Waals surface area contributed by atoms with Crippen molar-refractivity contribution in [3.8, 4) is 0 Å². The van der Waals surface area contributed by atoms with Crippen molar-refractivity contribution >= 4 is 11.9 Å².